The van der Waals surface area contributed by atoms with Gasteiger partial charge in [-0.1, -0.05) is 188 Å². The first-order chi connectivity index (χ1) is 30.2. The summed E-state index contributed by atoms with van der Waals surface area (Å²) in [5, 5.41) is 8.71. The monoisotopic (exact) mass is 778 g/mol. The average Bonchev–Trinajstić information content (AvgIpc) is 3.76. The summed E-state index contributed by atoms with van der Waals surface area (Å²) in [6.45, 7) is 0. The lowest BCUT2D eigenvalue weighted by molar-refractivity contribution is 0.918. The normalized spacial score (nSPS) is 11.3. The van der Waals surface area contributed by atoms with Crippen molar-refractivity contribution in [3.05, 3.63) is 231 Å². The van der Waals surface area contributed by atoms with E-state index in [0.717, 1.165) is 100 Å². The number of nitrogens with zero attached hydrogens (tertiary/aromatic N) is 4. The highest BCUT2D eigenvalue weighted by atomic mass is 15.3. The molecular weight excluding hydrogens is 741 g/mol. The number of aromatic nitrogens is 4. The molecular formula is C57H38N4. The van der Waals surface area contributed by atoms with Crippen molar-refractivity contribution in [1.29, 1.82) is 0 Å². The fraction of sp³-hybridized carbons (Fsp3) is 0. The number of benzene rings is 9. The second-order valence-electron chi connectivity index (χ2n) is 15.3. The van der Waals surface area contributed by atoms with E-state index < -0.39 is 0 Å². The molecule has 0 aliphatic rings. The topological polar surface area (TPSA) is 43.6 Å². The lowest BCUT2D eigenvalue weighted by Gasteiger charge is -2.14. The van der Waals surface area contributed by atoms with Gasteiger partial charge in [-0.05, 0) is 81.2 Å². The summed E-state index contributed by atoms with van der Waals surface area (Å²) in [6.07, 6.45) is 0. The summed E-state index contributed by atoms with van der Waals surface area (Å²) >= 11 is 0. The molecule has 0 saturated heterocycles. The molecule has 0 bridgehead atoms. The first-order valence-corrected chi connectivity index (χ1v) is 20.6. The molecule has 0 unspecified atom stereocenters. The molecule has 9 aromatic carbocycles. The Labute approximate surface area is 354 Å². The van der Waals surface area contributed by atoms with Crippen molar-refractivity contribution in [2.24, 2.45) is 0 Å². The molecule has 11 aromatic rings. The van der Waals surface area contributed by atoms with Crippen molar-refractivity contribution >= 4 is 21.7 Å². The van der Waals surface area contributed by atoms with Crippen LogP contribution in [0.4, 0.5) is 0 Å². The lowest BCUT2D eigenvalue weighted by atomic mass is 9.92. The van der Waals surface area contributed by atoms with Gasteiger partial charge in [0, 0.05) is 33.0 Å². The zero-order valence-electron chi connectivity index (χ0n) is 33.2. The molecule has 0 fully saturated rings. The number of hydrogen-bond acceptors (Lipinski definition) is 3. The Balaban J connectivity index is 1.15. The van der Waals surface area contributed by atoms with Crippen molar-refractivity contribution < 1.29 is 0 Å². The van der Waals surface area contributed by atoms with Crippen molar-refractivity contribution in [1.82, 2.24) is 19.7 Å². The quantitative estimate of drug-likeness (QED) is 0.154. The third-order valence-electron chi connectivity index (χ3n) is 11.4. The zero-order chi connectivity index (χ0) is 40.5. The van der Waals surface area contributed by atoms with Crippen LogP contribution in [0, 0.1) is 0 Å². The van der Waals surface area contributed by atoms with Crippen LogP contribution in [-0.2, 0) is 0 Å². The zero-order valence-corrected chi connectivity index (χ0v) is 33.2. The molecule has 11 rings (SSSR count). The molecule has 61 heavy (non-hydrogen) atoms. The summed E-state index contributed by atoms with van der Waals surface area (Å²) in [7, 11) is 0. The molecule has 2 heterocycles. The van der Waals surface area contributed by atoms with E-state index in [1.165, 1.54) is 0 Å². The fourth-order valence-electron chi connectivity index (χ4n) is 8.44. The largest absolute Gasteiger partial charge is 0.232 e. The summed E-state index contributed by atoms with van der Waals surface area (Å²) in [5.41, 5.74) is 15.6. The molecule has 4 heteroatoms. The Hall–Kier alpha value is -8.21. The van der Waals surface area contributed by atoms with E-state index in [1.807, 2.05) is 12.1 Å². The van der Waals surface area contributed by atoms with Gasteiger partial charge < -0.3 is 0 Å². The maximum absolute atomic E-state index is 5.39. The summed E-state index contributed by atoms with van der Waals surface area (Å²) in [5.74, 6) is 0.672. The van der Waals surface area contributed by atoms with Crippen molar-refractivity contribution in [2.75, 3.05) is 0 Å². The SMILES string of the molecule is c1ccc(-c2cccc(-c3cc(-c4ccc5c(c4)cc(-c4ccccc4)c4c(-c6ccccc6)nn(-c6ccccc6)c45)nc(-c4cccc(-c5ccccc5)c4)n3)c2)cc1. The van der Waals surface area contributed by atoms with Gasteiger partial charge in [0.25, 0.3) is 0 Å². The molecule has 4 nitrogen and oxygen atoms in total. The maximum Gasteiger partial charge on any atom is 0.160 e. The van der Waals surface area contributed by atoms with Gasteiger partial charge in [-0.25, -0.2) is 14.6 Å². The molecule has 0 spiro atoms. The number of fused-ring (bicyclic) bond motifs is 3. The lowest BCUT2D eigenvalue weighted by Crippen LogP contribution is -1.98. The first kappa shape index (κ1) is 35.9. The predicted molar refractivity (Wildman–Crippen MR) is 252 cm³/mol. The molecule has 0 radical (unpaired) electrons. The second kappa shape index (κ2) is 15.5. The van der Waals surface area contributed by atoms with E-state index in [2.05, 4.69) is 223 Å². The second-order valence-corrected chi connectivity index (χ2v) is 15.3. The van der Waals surface area contributed by atoms with Crippen LogP contribution in [0.25, 0.3) is 106 Å². The highest BCUT2D eigenvalue weighted by Crippen LogP contribution is 2.43. The minimum absolute atomic E-state index is 0.672. The Morgan fingerprint density at radius 2 is 0.803 bits per heavy atom. The van der Waals surface area contributed by atoms with E-state index in [0.29, 0.717) is 5.82 Å². The van der Waals surface area contributed by atoms with Crippen molar-refractivity contribution in [3.8, 4) is 84.2 Å². The first-order valence-electron chi connectivity index (χ1n) is 20.6. The minimum Gasteiger partial charge on any atom is -0.232 e. The average molecular weight is 779 g/mol. The summed E-state index contributed by atoms with van der Waals surface area (Å²) in [6, 6.07) is 80.9. The molecule has 2 aromatic heterocycles. The van der Waals surface area contributed by atoms with Gasteiger partial charge in [-0.15, -0.1) is 0 Å². The highest BCUT2D eigenvalue weighted by Gasteiger charge is 2.22. The number of para-hydroxylation sites is 1. The van der Waals surface area contributed by atoms with Crippen LogP contribution < -0.4 is 0 Å². The molecule has 0 atom stereocenters. The van der Waals surface area contributed by atoms with Crippen LogP contribution in [0.1, 0.15) is 0 Å². The van der Waals surface area contributed by atoms with Gasteiger partial charge in [0.15, 0.2) is 5.82 Å². The Kier molecular flexibility index (Phi) is 9.14. The van der Waals surface area contributed by atoms with Crippen LogP contribution in [0.2, 0.25) is 0 Å². The highest BCUT2D eigenvalue weighted by molar-refractivity contribution is 6.17. The van der Waals surface area contributed by atoms with E-state index in [4.69, 9.17) is 15.1 Å². The van der Waals surface area contributed by atoms with Gasteiger partial charge in [-0.3, -0.25) is 0 Å². The Bertz CT molecular complexity index is 3220. The molecule has 286 valence electrons. The van der Waals surface area contributed by atoms with Gasteiger partial charge in [0.05, 0.1) is 22.6 Å². The summed E-state index contributed by atoms with van der Waals surface area (Å²) in [4.78, 5) is 10.6. The van der Waals surface area contributed by atoms with E-state index in [9.17, 15) is 0 Å². The maximum atomic E-state index is 5.39. The van der Waals surface area contributed by atoms with Crippen LogP contribution in [-0.4, -0.2) is 19.7 Å². The minimum atomic E-state index is 0.672. The number of hydrogen-bond donors (Lipinski definition) is 0. The van der Waals surface area contributed by atoms with Crippen molar-refractivity contribution in [2.45, 2.75) is 0 Å². The van der Waals surface area contributed by atoms with Crippen LogP contribution in [0.3, 0.4) is 0 Å². The number of rotatable bonds is 8. The Morgan fingerprint density at radius 1 is 0.328 bits per heavy atom. The fourth-order valence-corrected chi connectivity index (χ4v) is 8.44. The standard InChI is InChI=1S/C57H38N4/c1-6-18-39(19-7-1)43-26-16-28-45(34-43)52-38-53(59-57(58-52)47-29-17-27-44(35-47)40-20-8-2-9-21-40)46-32-33-50-48(36-46)37-51(41-22-10-3-11-23-41)54-55(42-24-12-4-13-25-42)60-61(56(50)54)49-30-14-5-15-31-49/h1-38H. The van der Waals surface area contributed by atoms with Crippen LogP contribution >= 0.6 is 0 Å². The predicted octanol–water partition coefficient (Wildman–Crippen LogP) is 14.6. The molecule has 0 aliphatic heterocycles. The molecule has 0 aliphatic carbocycles. The van der Waals surface area contributed by atoms with Crippen LogP contribution in [0.15, 0.2) is 231 Å². The van der Waals surface area contributed by atoms with Gasteiger partial charge in [0.2, 0.25) is 0 Å². The molecule has 0 N–H and O–H groups in total. The van der Waals surface area contributed by atoms with E-state index in [1.54, 1.807) is 0 Å². The van der Waals surface area contributed by atoms with E-state index >= 15 is 0 Å². The summed E-state index contributed by atoms with van der Waals surface area (Å²) < 4.78 is 2.12. The third-order valence-corrected chi connectivity index (χ3v) is 11.4. The van der Waals surface area contributed by atoms with Gasteiger partial charge in [-0.2, -0.15) is 5.10 Å². The smallest absolute Gasteiger partial charge is 0.160 e. The van der Waals surface area contributed by atoms with Gasteiger partial charge >= 0.3 is 0 Å². The Morgan fingerprint density at radius 3 is 1.41 bits per heavy atom. The van der Waals surface area contributed by atoms with E-state index in [-0.39, 0.29) is 0 Å². The molecule has 0 amide bonds. The third kappa shape index (κ3) is 6.86. The van der Waals surface area contributed by atoms with Crippen molar-refractivity contribution in [3.63, 3.8) is 0 Å². The molecule has 0 saturated carbocycles. The van der Waals surface area contributed by atoms with Crippen LogP contribution in [0.5, 0.6) is 0 Å². The van der Waals surface area contributed by atoms with Gasteiger partial charge in [0.1, 0.15) is 5.69 Å².